The van der Waals surface area contributed by atoms with E-state index in [0.29, 0.717) is 42.4 Å². The lowest BCUT2D eigenvalue weighted by molar-refractivity contribution is 0.183. The molecule has 0 aliphatic carbocycles. The first-order valence-corrected chi connectivity index (χ1v) is 8.92. The van der Waals surface area contributed by atoms with Gasteiger partial charge in [-0.05, 0) is 19.4 Å². The second kappa shape index (κ2) is 8.05. The van der Waals surface area contributed by atoms with E-state index >= 15 is 0 Å². The molecular weight excluding hydrogens is 344 g/mol. The number of hydrogen-bond acceptors (Lipinski definition) is 7. The topological polar surface area (TPSA) is 119 Å². The summed E-state index contributed by atoms with van der Waals surface area (Å²) in [6.45, 7) is 5.91. The van der Waals surface area contributed by atoms with E-state index in [1.54, 1.807) is 11.6 Å². The summed E-state index contributed by atoms with van der Waals surface area (Å²) in [7, 11) is 1.67. The molecule has 0 atom stereocenters. The number of nitrogens with one attached hydrogen (secondary N) is 1. The second-order valence-corrected chi connectivity index (χ2v) is 6.23. The quantitative estimate of drug-likeness (QED) is 0.619. The van der Waals surface area contributed by atoms with Gasteiger partial charge < -0.3 is 15.8 Å². The highest BCUT2D eigenvalue weighted by Gasteiger charge is 2.18. The highest BCUT2D eigenvalue weighted by molar-refractivity contribution is 5.69. The Morgan fingerprint density at radius 1 is 1.37 bits per heavy atom. The maximum absolute atomic E-state index is 9.52. The fourth-order valence-corrected chi connectivity index (χ4v) is 3.03. The summed E-state index contributed by atoms with van der Waals surface area (Å²) in [4.78, 5) is 4.62. The SMILES string of the molecule is CCc1c(C)nn2c(N)c(C#N)c(NCCc3ccn(CCOC)n3)nc12. The van der Waals surface area contributed by atoms with Crippen LogP contribution in [0.3, 0.4) is 0 Å². The minimum atomic E-state index is 0.302. The lowest BCUT2D eigenvalue weighted by atomic mass is 10.2. The third-order valence-electron chi connectivity index (χ3n) is 4.46. The maximum atomic E-state index is 9.52. The zero-order valence-electron chi connectivity index (χ0n) is 15.9. The number of aromatic nitrogens is 5. The van der Waals surface area contributed by atoms with E-state index in [-0.39, 0.29) is 0 Å². The molecule has 0 aliphatic heterocycles. The Labute approximate surface area is 157 Å². The van der Waals surface area contributed by atoms with E-state index in [1.807, 2.05) is 30.8 Å². The van der Waals surface area contributed by atoms with Gasteiger partial charge in [0, 0.05) is 31.8 Å². The molecule has 142 valence electrons. The number of nitrogen functional groups attached to an aromatic ring is 1. The maximum Gasteiger partial charge on any atom is 0.163 e. The van der Waals surface area contributed by atoms with Crippen LogP contribution >= 0.6 is 0 Å². The van der Waals surface area contributed by atoms with Crippen LogP contribution in [0.25, 0.3) is 5.65 Å². The number of nitriles is 1. The van der Waals surface area contributed by atoms with Gasteiger partial charge in [0.1, 0.15) is 23.3 Å². The van der Waals surface area contributed by atoms with Gasteiger partial charge in [0.05, 0.1) is 24.5 Å². The highest BCUT2D eigenvalue weighted by atomic mass is 16.5. The lowest BCUT2D eigenvalue weighted by Crippen LogP contribution is -2.13. The smallest absolute Gasteiger partial charge is 0.163 e. The van der Waals surface area contributed by atoms with Crippen molar-refractivity contribution in [3.05, 3.63) is 34.8 Å². The molecule has 0 aliphatic rings. The number of rotatable bonds is 8. The van der Waals surface area contributed by atoms with Crippen molar-refractivity contribution in [3.63, 3.8) is 0 Å². The molecule has 3 aromatic heterocycles. The molecule has 0 saturated carbocycles. The number of anilines is 2. The van der Waals surface area contributed by atoms with E-state index < -0.39 is 0 Å². The summed E-state index contributed by atoms with van der Waals surface area (Å²) in [5.74, 6) is 0.785. The summed E-state index contributed by atoms with van der Waals surface area (Å²) >= 11 is 0. The Hall–Kier alpha value is -3.12. The minimum Gasteiger partial charge on any atom is -0.383 e. The first-order chi connectivity index (χ1) is 13.1. The normalized spacial score (nSPS) is 11.0. The van der Waals surface area contributed by atoms with Crippen molar-refractivity contribution in [2.24, 2.45) is 0 Å². The number of nitrogens with two attached hydrogens (primary N) is 1. The van der Waals surface area contributed by atoms with Crippen molar-refractivity contribution in [1.29, 1.82) is 5.26 Å². The largest absolute Gasteiger partial charge is 0.383 e. The molecule has 0 radical (unpaired) electrons. The molecule has 27 heavy (non-hydrogen) atoms. The Bertz CT molecular complexity index is 982. The Morgan fingerprint density at radius 2 is 2.19 bits per heavy atom. The molecular formula is C18H24N8O. The first-order valence-electron chi connectivity index (χ1n) is 8.92. The van der Waals surface area contributed by atoms with Crippen LogP contribution < -0.4 is 11.1 Å². The monoisotopic (exact) mass is 368 g/mol. The molecule has 3 heterocycles. The van der Waals surface area contributed by atoms with Gasteiger partial charge in [-0.2, -0.15) is 20.0 Å². The minimum absolute atomic E-state index is 0.302. The predicted octanol–water partition coefficient (Wildman–Crippen LogP) is 1.55. The number of aryl methyl sites for hydroxylation is 2. The number of ether oxygens (including phenoxy) is 1. The Morgan fingerprint density at radius 3 is 2.89 bits per heavy atom. The number of fused-ring (bicyclic) bond motifs is 1. The van der Waals surface area contributed by atoms with Crippen molar-refractivity contribution in [3.8, 4) is 6.07 Å². The van der Waals surface area contributed by atoms with Crippen LogP contribution in [0.2, 0.25) is 0 Å². The molecule has 9 heteroatoms. The van der Waals surface area contributed by atoms with Gasteiger partial charge in [-0.15, -0.1) is 0 Å². The van der Waals surface area contributed by atoms with Gasteiger partial charge in [0.2, 0.25) is 0 Å². The molecule has 3 N–H and O–H groups in total. The number of hydrogen-bond donors (Lipinski definition) is 2. The summed E-state index contributed by atoms with van der Waals surface area (Å²) in [5.41, 5.74) is 10.0. The molecule has 0 fully saturated rings. The van der Waals surface area contributed by atoms with Crippen LogP contribution in [-0.2, 0) is 24.1 Å². The van der Waals surface area contributed by atoms with Crippen LogP contribution in [0, 0.1) is 18.3 Å². The van der Waals surface area contributed by atoms with E-state index in [1.165, 1.54) is 0 Å². The average Bonchev–Trinajstić information content (AvgIpc) is 3.24. The van der Waals surface area contributed by atoms with Gasteiger partial charge in [0.25, 0.3) is 0 Å². The zero-order chi connectivity index (χ0) is 19.4. The van der Waals surface area contributed by atoms with Gasteiger partial charge >= 0.3 is 0 Å². The molecule has 0 aromatic carbocycles. The molecule has 0 bridgehead atoms. The van der Waals surface area contributed by atoms with E-state index in [9.17, 15) is 5.26 Å². The summed E-state index contributed by atoms with van der Waals surface area (Å²) < 4.78 is 8.46. The highest BCUT2D eigenvalue weighted by Crippen LogP contribution is 2.24. The van der Waals surface area contributed by atoms with Crippen LogP contribution in [0.1, 0.15) is 29.4 Å². The van der Waals surface area contributed by atoms with E-state index in [0.717, 1.165) is 29.9 Å². The fourth-order valence-electron chi connectivity index (χ4n) is 3.03. The molecule has 3 aromatic rings. The molecule has 0 saturated heterocycles. The number of methoxy groups -OCH3 is 1. The van der Waals surface area contributed by atoms with Crippen molar-refractivity contribution in [1.82, 2.24) is 24.4 Å². The third-order valence-corrected chi connectivity index (χ3v) is 4.46. The van der Waals surface area contributed by atoms with Crippen LogP contribution in [-0.4, -0.2) is 44.6 Å². The summed E-state index contributed by atoms with van der Waals surface area (Å²) in [5, 5.41) is 21.7. The first kappa shape index (κ1) is 18.7. The van der Waals surface area contributed by atoms with Crippen molar-refractivity contribution >= 4 is 17.3 Å². The molecule has 0 amide bonds. The van der Waals surface area contributed by atoms with Crippen molar-refractivity contribution < 1.29 is 4.74 Å². The lowest BCUT2D eigenvalue weighted by Gasteiger charge is -2.10. The Kier molecular flexibility index (Phi) is 5.57. The van der Waals surface area contributed by atoms with Gasteiger partial charge in [-0.1, -0.05) is 6.92 Å². The predicted molar refractivity (Wildman–Crippen MR) is 103 cm³/mol. The van der Waals surface area contributed by atoms with Crippen molar-refractivity contribution in [2.75, 3.05) is 31.3 Å². The van der Waals surface area contributed by atoms with Crippen LogP contribution in [0.15, 0.2) is 12.3 Å². The van der Waals surface area contributed by atoms with E-state index in [4.69, 9.17) is 10.5 Å². The van der Waals surface area contributed by atoms with Crippen LogP contribution in [0.5, 0.6) is 0 Å². The molecule has 0 unspecified atom stereocenters. The van der Waals surface area contributed by atoms with Crippen LogP contribution in [0.4, 0.5) is 11.6 Å². The zero-order valence-corrected chi connectivity index (χ0v) is 15.9. The van der Waals surface area contributed by atoms with E-state index in [2.05, 4.69) is 26.6 Å². The standard InChI is InChI=1S/C18H24N8O/c1-4-14-12(2)23-26-16(20)15(11-19)17(22-18(14)26)21-7-5-13-6-8-25(24-13)9-10-27-3/h6,8H,4-5,7,9-10,20H2,1-3H3,(H,21,22). The average molecular weight is 368 g/mol. The molecule has 0 spiro atoms. The van der Waals surface area contributed by atoms with Crippen molar-refractivity contribution in [2.45, 2.75) is 33.2 Å². The van der Waals surface area contributed by atoms with Gasteiger partial charge in [-0.3, -0.25) is 4.68 Å². The summed E-state index contributed by atoms with van der Waals surface area (Å²) in [6.07, 6.45) is 3.43. The second-order valence-electron chi connectivity index (χ2n) is 6.23. The third kappa shape index (κ3) is 3.71. The van der Waals surface area contributed by atoms with Gasteiger partial charge in [-0.25, -0.2) is 4.98 Å². The summed E-state index contributed by atoms with van der Waals surface area (Å²) in [6, 6.07) is 4.11. The Balaban J connectivity index is 1.78. The molecule has 9 nitrogen and oxygen atoms in total. The van der Waals surface area contributed by atoms with Gasteiger partial charge in [0.15, 0.2) is 5.65 Å². The molecule has 3 rings (SSSR count). The number of nitrogens with zero attached hydrogens (tertiary/aromatic N) is 6. The fraction of sp³-hybridized carbons (Fsp3) is 0.444.